The molecule has 2 rings (SSSR count). The maximum absolute atomic E-state index is 11.1. The third kappa shape index (κ3) is 3.65. The molecule has 0 bridgehead atoms. The van der Waals surface area contributed by atoms with E-state index in [0.29, 0.717) is 12.2 Å². The summed E-state index contributed by atoms with van der Waals surface area (Å²) in [5.74, 6) is 0.309. The Bertz CT molecular complexity index is 605. The Morgan fingerprint density at radius 3 is 2.58 bits per heavy atom. The molecule has 0 aliphatic rings. The van der Waals surface area contributed by atoms with E-state index in [-0.39, 0.29) is 5.97 Å². The lowest BCUT2D eigenvalue weighted by atomic mass is 10.0. The average Bonchev–Trinajstić information content (AvgIpc) is 2.32. The molecule has 0 amide bonds. The van der Waals surface area contributed by atoms with Crippen molar-refractivity contribution in [2.75, 3.05) is 0 Å². The van der Waals surface area contributed by atoms with Crippen LogP contribution in [0.25, 0.3) is 0 Å². The summed E-state index contributed by atoms with van der Waals surface area (Å²) >= 11 is 0. The third-order valence-electron chi connectivity index (χ3n) is 2.81. The Morgan fingerprint density at radius 2 is 1.89 bits per heavy atom. The van der Waals surface area contributed by atoms with Crippen LogP contribution >= 0.6 is 0 Å². The van der Waals surface area contributed by atoms with Crippen LogP contribution in [0.1, 0.15) is 29.3 Å². The zero-order valence-corrected chi connectivity index (χ0v) is 11.4. The van der Waals surface area contributed by atoms with Crippen LogP contribution in [0.4, 0.5) is 0 Å². The van der Waals surface area contributed by atoms with E-state index in [2.05, 4.69) is 4.98 Å². The molecule has 1 aromatic carbocycles. The Kier molecular flexibility index (Phi) is 3.95. The van der Waals surface area contributed by atoms with E-state index in [1.807, 2.05) is 44.2 Å². The summed E-state index contributed by atoms with van der Waals surface area (Å²) in [6, 6.07) is 9.81. The molecule has 0 aliphatic heterocycles. The molecule has 3 heteroatoms. The number of ether oxygens (including phenoxy) is 1. The van der Waals surface area contributed by atoms with Gasteiger partial charge in [-0.25, -0.2) is 0 Å². The summed E-state index contributed by atoms with van der Waals surface area (Å²) in [4.78, 5) is 15.5. The van der Waals surface area contributed by atoms with Gasteiger partial charge in [-0.05, 0) is 37.6 Å². The van der Waals surface area contributed by atoms with Crippen LogP contribution in [0, 0.1) is 13.8 Å². The molecule has 0 aliphatic carbocycles. The van der Waals surface area contributed by atoms with Gasteiger partial charge in [-0.3, -0.25) is 9.78 Å². The van der Waals surface area contributed by atoms with Crippen molar-refractivity contribution >= 4 is 5.97 Å². The highest BCUT2D eigenvalue weighted by Gasteiger charge is 2.08. The minimum atomic E-state index is -0.303. The molecule has 1 heterocycles. The van der Waals surface area contributed by atoms with Crippen LogP contribution in [-0.2, 0) is 11.2 Å². The predicted octanol–water partition coefficient (Wildman–Crippen LogP) is 3.21. The van der Waals surface area contributed by atoms with Crippen LogP contribution in [-0.4, -0.2) is 11.0 Å². The van der Waals surface area contributed by atoms with Gasteiger partial charge in [-0.15, -0.1) is 0 Å². The van der Waals surface area contributed by atoms with E-state index in [1.54, 1.807) is 6.20 Å². The van der Waals surface area contributed by atoms with E-state index < -0.39 is 0 Å². The first-order chi connectivity index (χ1) is 9.04. The number of carbonyl (C=O) groups excluding carboxylic acids is 1. The summed E-state index contributed by atoms with van der Waals surface area (Å²) < 4.78 is 5.24. The molecule has 0 unspecified atom stereocenters. The lowest BCUT2D eigenvalue weighted by Crippen LogP contribution is -2.05. The van der Waals surface area contributed by atoms with Gasteiger partial charge in [0, 0.05) is 30.8 Å². The lowest BCUT2D eigenvalue weighted by molar-refractivity contribution is -0.131. The van der Waals surface area contributed by atoms with Crippen molar-refractivity contribution in [2.24, 2.45) is 0 Å². The zero-order chi connectivity index (χ0) is 13.8. The third-order valence-corrected chi connectivity index (χ3v) is 2.81. The second-order valence-electron chi connectivity index (χ2n) is 4.71. The first-order valence-corrected chi connectivity index (χ1v) is 6.24. The molecule has 0 radical (unpaired) electrons. The van der Waals surface area contributed by atoms with Gasteiger partial charge in [-0.2, -0.15) is 0 Å². The summed E-state index contributed by atoms with van der Waals surface area (Å²) in [6.45, 7) is 5.47. The quantitative estimate of drug-likeness (QED) is 0.624. The number of hydrogen-bond donors (Lipinski definition) is 0. The van der Waals surface area contributed by atoms with Crippen molar-refractivity contribution in [2.45, 2.75) is 27.2 Å². The van der Waals surface area contributed by atoms with Gasteiger partial charge in [-0.1, -0.05) is 17.7 Å². The van der Waals surface area contributed by atoms with E-state index in [9.17, 15) is 4.79 Å². The monoisotopic (exact) mass is 255 g/mol. The van der Waals surface area contributed by atoms with Crippen molar-refractivity contribution in [1.82, 2.24) is 4.98 Å². The fourth-order valence-corrected chi connectivity index (χ4v) is 1.99. The topological polar surface area (TPSA) is 39.2 Å². The van der Waals surface area contributed by atoms with Gasteiger partial charge in [0.05, 0.1) is 0 Å². The molecule has 0 spiro atoms. The van der Waals surface area contributed by atoms with Gasteiger partial charge >= 0.3 is 5.97 Å². The summed E-state index contributed by atoms with van der Waals surface area (Å²) in [6.07, 6.45) is 2.46. The van der Waals surface area contributed by atoms with Gasteiger partial charge in [0.2, 0.25) is 0 Å². The van der Waals surface area contributed by atoms with E-state index >= 15 is 0 Å². The molecule has 1 aromatic heterocycles. The molecule has 19 heavy (non-hydrogen) atoms. The smallest absolute Gasteiger partial charge is 0.308 e. The van der Waals surface area contributed by atoms with Gasteiger partial charge in [0.15, 0.2) is 0 Å². The highest BCUT2D eigenvalue weighted by molar-refractivity contribution is 5.70. The lowest BCUT2D eigenvalue weighted by Gasteiger charge is -2.10. The van der Waals surface area contributed by atoms with Crippen LogP contribution in [0.5, 0.6) is 5.75 Å². The van der Waals surface area contributed by atoms with E-state index in [1.165, 1.54) is 12.5 Å². The Labute approximate surface area is 113 Å². The normalized spacial score (nSPS) is 10.3. The minimum absolute atomic E-state index is 0.303. The first kappa shape index (κ1) is 13.3. The SMILES string of the molecule is CC(=O)Oc1ccc(C)cc1Cc1cc(C)ccn1. The van der Waals surface area contributed by atoms with Crippen LogP contribution in [0.3, 0.4) is 0 Å². The number of aryl methyl sites for hydroxylation is 2. The summed E-state index contributed by atoms with van der Waals surface area (Å²) in [5.41, 5.74) is 4.26. The maximum atomic E-state index is 11.1. The number of rotatable bonds is 3. The van der Waals surface area contributed by atoms with Crippen LogP contribution < -0.4 is 4.74 Å². The number of esters is 1. The Balaban J connectivity index is 2.32. The summed E-state index contributed by atoms with van der Waals surface area (Å²) in [5, 5.41) is 0. The number of hydrogen-bond acceptors (Lipinski definition) is 3. The molecule has 98 valence electrons. The van der Waals surface area contributed by atoms with Crippen molar-refractivity contribution in [3.05, 3.63) is 58.9 Å². The number of benzene rings is 1. The second kappa shape index (κ2) is 5.65. The van der Waals surface area contributed by atoms with Gasteiger partial charge in [0.25, 0.3) is 0 Å². The molecular weight excluding hydrogens is 238 g/mol. The fraction of sp³-hybridized carbons (Fsp3) is 0.250. The Hall–Kier alpha value is -2.16. The molecule has 0 N–H and O–H groups in total. The predicted molar refractivity (Wildman–Crippen MR) is 74.3 cm³/mol. The van der Waals surface area contributed by atoms with Crippen LogP contribution in [0.15, 0.2) is 36.5 Å². The summed E-state index contributed by atoms with van der Waals surface area (Å²) in [7, 11) is 0. The Morgan fingerprint density at radius 1 is 1.16 bits per heavy atom. The molecule has 2 aromatic rings. The molecule has 0 saturated heterocycles. The highest BCUT2D eigenvalue weighted by atomic mass is 16.5. The van der Waals surface area contributed by atoms with Crippen molar-refractivity contribution in [3.63, 3.8) is 0 Å². The number of nitrogens with zero attached hydrogens (tertiary/aromatic N) is 1. The van der Waals surface area contributed by atoms with Crippen molar-refractivity contribution in [3.8, 4) is 5.75 Å². The average molecular weight is 255 g/mol. The largest absolute Gasteiger partial charge is 0.426 e. The van der Waals surface area contributed by atoms with Gasteiger partial charge < -0.3 is 4.74 Å². The number of carbonyl (C=O) groups is 1. The van der Waals surface area contributed by atoms with E-state index in [4.69, 9.17) is 4.74 Å². The number of pyridine rings is 1. The van der Waals surface area contributed by atoms with Crippen LogP contribution in [0.2, 0.25) is 0 Å². The van der Waals surface area contributed by atoms with E-state index in [0.717, 1.165) is 16.8 Å². The second-order valence-corrected chi connectivity index (χ2v) is 4.71. The molecular formula is C16H17NO2. The fourth-order valence-electron chi connectivity index (χ4n) is 1.99. The number of aromatic nitrogens is 1. The zero-order valence-electron chi connectivity index (χ0n) is 11.4. The highest BCUT2D eigenvalue weighted by Crippen LogP contribution is 2.23. The standard InChI is InChI=1S/C16H17NO2/c1-11-4-5-16(19-13(3)18)14(8-11)10-15-9-12(2)6-7-17-15/h4-9H,10H2,1-3H3. The molecule has 0 saturated carbocycles. The van der Waals surface area contributed by atoms with Gasteiger partial charge in [0.1, 0.15) is 5.75 Å². The van der Waals surface area contributed by atoms with Crippen molar-refractivity contribution in [1.29, 1.82) is 0 Å². The molecule has 3 nitrogen and oxygen atoms in total. The first-order valence-electron chi connectivity index (χ1n) is 6.24. The van der Waals surface area contributed by atoms with Crippen molar-refractivity contribution < 1.29 is 9.53 Å². The molecule has 0 fully saturated rings. The minimum Gasteiger partial charge on any atom is -0.426 e. The molecule has 0 atom stereocenters. The maximum Gasteiger partial charge on any atom is 0.308 e.